The summed E-state index contributed by atoms with van der Waals surface area (Å²) in [5.74, 6) is 0.698. The van der Waals surface area contributed by atoms with Crippen molar-refractivity contribution in [2.75, 3.05) is 0 Å². The molecule has 0 aliphatic rings. The molecule has 2 aromatic heterocycles. The maximum atomic E-state index is 12.5. The number of imidazole rings is 1. The molecule has 1 N–H and O–H groups in total. The lowest BCUT2D eigenvalue weighted by Gasteiger charge is -2.22. The second-order valence-corrected chi connectivity index (χ2v) is 20.0. The largest absolute Gasteiger partial charge is 0.507 e. The zero-order chi connectivity index (χ0) is 53.8. The van der Waals surface area contributed by atoms with E-state index in [0.29, 0.717) is 28.2 Å². The summed E-state index contributed by atoms with van der Waals surface area (Å²) in [5, 5.41) is 12.5. The van der Waals surface area contributed by atoms with Gasteiger partial charge in [0, 0.05) is 31.1 Å². The molecule has 0 amide bonds. The van der Waals surface area contributed by atoms with Gasteiger partial charge >= 0.3 is 0 Å². The van der Waals surface area contributed by atoms with Crippen molar-refractivity contribution >= 4 is 11.0 Å². The Bertz CT molecular complexity index is 3760. The van der Waals surface area contributed by atoms with Crippen LogP contribution in [0.2, 0.25) is 0 Å². The third kappa shape index (κ3) is 8.87. The summed E-state index contributed by atoms with van der Waals surface area (Å²) in [4.78, 5) is 10.5. The van der Waals surface area contributed by atoms with E-state index in [-0.39, 0.29) is 34.1 Å². The van der Waals surface area contributed by atoms with Gasteiger partial charge in [0.1, 0.15) is 11.6 Å². The van der Waals surface area contributed by atoms with Gasteiger partial charge in [-0.05, 0) is 152 Å². The third-order valence-electron chi connectivity index (χ3n) is 13.5. The smallest absolute Gasteiger partial charge is 0.149 e. The molecule has 0 saturated heterocycles. The van der Waals surface area contributed by atoms with Gasteiger partial charge < -0.3 is 5.11 Å². The minimum Gasteiger partial charge on any atom is -0.507 e. The molecule has 0 aliphatic heterocycles. The third-order valence-corrected chi connectivity index (χ3v) is 13.5. The number of hydrogen-bond acceptors (Lipinski definition) is 3. The molecule has 0 atom stereocenters. The number of phenolic OH excluding ortho intramolecular Hbond substituents is 1. The first-order chi connectivity index (χ1) is 36.1. The number of pyridine rings is 1. The van der Waals surface area contributed by atoms with Gasteiger partial charge in [-0.25, -0.2) is 4.98 Å². The van der Waals surface area contributed by atoms with Crippen LogP contribution >= 0.6 is 0 Å². The first kappa shape index (κ1) is 39.1. The summed E-state index contributed by atoms with van der Waals surface area (Å²) in [6.45, 7) is 10.2. The Hall–Kier alpha value is -7.82. The van der Waals surface area contributed by atoms with Crippen LogP contribution < -0.4 is 0 Å². The normalized spacial score (nSPS) is 13.4. The van der Waals surface area contributed by atoms with E-state index in [1.54, 1.807) is 18.3 Å². The molecule has 0 bridgehead atoms. The van der Waals surface area contributed by atoms with Gasteiger partial charge in [0.15, 0.2) is 0 Å². The first-order valence-electron chi connectivity index (χ1n) is 27.2. The molecule has 10 rings (SSSR count). The maximum Gasteiger partial charge on any atom is 0.149 e. The minimum absolute atomic E-state index is 0.0170. The zero-order valence-electron chi connectivity index (χ0n) is 46.8. The van der Waals surface area contributed by atoms with Crippen LogP contribution in [0.1, 0.15) is 96.3 Å². The lowest BCUT2D eigenvalue weighted by atomic mass is 9.85. The van der Waals surface area contributed by atoms with Gasteiger partial charge in [0.05, 0.1) is 28.0 Å². The van der Waals surface area contributed by atoms with E-state index >= 15 is 0 Å². The number of aromatic hydroxyl groups is 1. The number of rotatable bonds is 10. The molecule has 346 valence electrons. The first-order valence-corrected chi connectivity index (χ1v) is 24.2. The van der Waals surface area contributed by atoms with Gasteiger partial charge in [-0.15, -0.1) is 0 Å². The van der Waals surface area contributed by atoms with Crippen LogP contribution in [0.3, 0.4) is 0 Å². The van der Waals surface area contributed by atoms with Crippen LogP contribution in [0.5, 0.6) is 5.75 Å². The number of aromatic nitrogens is 3. The van der Waals surface area contributed by atoms with Crippen LogP contribution in [0.15, 0.2) is 188 Å². The molecule has 4 heteroatoms. The Labute approximate surface area is 422 Å². The Balaban J connectivity index is 1.27. The second kappa shape index (κ2) is 18.6. The zero-order valence-corrected chi connectivity index (χ0v) is 40.8. The molecule has 0 spiro atoms. The van der Waals surface area contributed by atoms with Crippen molar-refractivity contribution in [1.29, 1.82) is 0 Å². The fourth-order valence-corrected chi connectivity index (χ4v) is 9.55. The Morgan fingerprint density at radius 3 is 1.84 bits per heavy atom. The van der Waals surface area contributed by atoms with Crippen molar-refractivity contribution in [3.8, 4) is 89.7 Å². The summed E-state index contributed by atoms with van der Waals surface area (Å²) in [6, 6.07) is 59.9. The number of phenols is 1. The van der Waals surface area contributed by atoms with Crippen molar-refractivity contribution in [3.63, 3.8) is 0 Å². The standard InChI is InChI=1S/C66H61N3O/c1-41(2)50-37-56(42(3)4)64(70)59(38-50)65-68-63-55(52-34-51(45-17-12-10-13-18-45)35-53(36-52)60-39-49(31-32-67-60)46-25-23-43(5)24-26-46)21-16-22-61(63)69(65)62-33-44(6)57(40-58(62)47-19-14-11-15-20-47)48-27-29-54(30-28-48)66(7,8)9/h10-42,70H,1-9H3/i5D3,6D3. The van der Waals surface area contributed by atoms with E-state index in [2.05, 4.69) is 108 Å². The Morgan fingerprint density at radius 2 is 1.17 bits per heavy atom. The molecule has 0 fully saturated rings. The van der Waals surface area contributed by atoms with Crippen molar-refractivity contribution in [2.45, 2.75) is 79.4 Å². The number of aryl methyl sites for hydroxylation is 2. The highest BCUT2D eigenvalue weighted by atomic mass is 16.3. The van der Waals surface area contributed by atoms with Crippen molar-refractivity contribution in [1.82, 2.24) is 14.5 Å². The van der Waals surface area contributed by atoms with Gasteiger partial charge in [-0.2, -0.15) is 0 Å². The Morgan fingerprint density at radius 1 is 0.514 bits per heavy atom. The number of nitrogens with zero attached hydrogens (tertiary/aromatic N) is 3. The van der Waals surface area contributed by atoms with Crippen molar-refractivity contribution in [3.05, 3.63) is 216 Å². The molecule has 10 aromatic rings. The SMILES string of the molecule is [2H]C([2H])([2H])c1ccc(-c2ccnc(-c3cc(-c4ccccc4)cc(-c4cccc5c4nc(-c4cc(C(C)C)cc(C(C)C)c4O)n5-c4cc(C([2H])([2H])[2H])c(-c5ccc(C(C)(C)C)cc5)cc4-c4ccccc4)c3)c2)cc1. The van der Waals surface area contributed by atoms with Gasteiger partial charge in [-0.1, -0.05) is 181 Å². The van der Waals surface area contributed by atoms with E-state index < -0.39 is 13.7 Å². The highest BCUT2D eigenvalue weighted by molar-refractivity contribution is 5.99. The molecule has 2 heterocycles. The molecular formula is C66H61N3O. The van der Waals surface area contributed by atoms with E-state index in [4.69, 9.17) is 18.2 Å². The number of fused-ring (bicyclic) bond motifs is 1. The molecule has 4 nitrogen and oxygen atoms in total. The van der Waals surface area contributed by atoms with Gasteiger partial charge in [0.2, 0.25) is 0 Å². The number of benzene rings is 8. The van der Waals surface area contributed by atoms with Crippen LogP contribution in [0.25, 0.3) is 95.0 Å². The van der Waals surface area contributed by atoms with Crippen molar-refractivity contribution < 1.29 is 13.3 Å². The number of hydrogen-bond donors (Lipinski definition) is 1. The van der Waals surface area contributed by atoms with Crippen LogP contribution in [0.4, 0.5) is 0 Å². The molecule has 0 radical (unpaired) electrons. The predicted octanol–water partition coefficient (Wildman–Crippen LogP) is 18.0. The van der Waals surface area contributed by atoms with E-state index in [1.165, 1.54) is 0 Å². The second-order valence-electron chi connectivity index (χ2n) is 20.0. The van der Waals surface area contributed by atoms with E-state index in [0.717, 1.165) is 83.5 Å². The Kier molecular flexibility index (Phi) is 10.4. The van der Waals surface area contributed by atoms with Crippen LogP contribution in [-0.2, 0) is 5.41 Å². The van der Waals surface area contributed by atoms with E-state index in [9.17, 15) is 5.11 Å². The highest BCUT2D eigenvalue weighted by Gasteiger charge is 2.26. The summed E-state index contributed by atoms with van der Waals surface area (Å²) < 4.78 is 53.2. The minimum atomic E-state index is -2.52. The molecule has 0 aliphatic carbocycles. The average Bonchev–Trinajstić information content (AvgIpc) is 3.81. The summed E-state index contributed by atoms with van der Waals surface area (Å²) in [5.41, 5.74) is 16.0. The van der Waals surface area contributed by atoms with Crippen LogP contribution in [-0.4, -0.2) is 19.6 Å². The maximum absolute atomic E-state index is 12.5. The fraction of sp³-hybridized carbons (Fsp3) is 0.182. The monoisotopic (exact) mass is 918 g/mol. The molecular weight excluding hydrogens is 851 g/mol. The van der Waals surface area contributed by atoms with Crippen LogP contribution in [0, 0.1) is 13.7 Å². The average molecular weight is 918 g/mol. The topological polar surface area (TPSA) is 50.9 Å². The molecule has 0 saturated carbocycles. The molecule has 8 aromatic carbocycles. The summed E-state index contributed by atoms with van der Waals surface area (Å²) >= 11 is 0. The summed E-state index contributed by atoms with van der Waals surface area (Å²) in [6.07, 6.45) is 1.78. The van der Waals surface area contributed by atoms with E-state index in [1.807, 2.05) is 115 Å². The quantitative estimate of drug-likeness (QED) is 0.149. The lowest BCUT2D eigenvalue weighted by Crippen LogP contribution is -2.10. The number of para-hydroxylation sites is 1. The lowest BCUT2D eigenvalue weighted by molar-refractivity contribution is 0.466. The van der Waals surface area contributed by atoms with Gasteiger partial charge in [-0.3, -0.25) is 9.55 Å². The van der Waals surface area contributed by atoms with Crippen molar-refractivity contribution in [2.24, 2.45) is 0 Å². The summed E-state index contributed by atoms with van der Waals surface area (Å²) in [7, 11) is 0. The highest BCUT2D eigenvalue weighted by Crippen LogP contribution is 2.45. The van der Waals surface area contributed by atoms with Gasteiger partial charge in [0.25, 0.3) is 0 Å². The molecule has 70 heavy (non-hydrogen) atoms. The predicted molar refractivity (Wildman–Crippen MR) is 295 cm³/mol. The molecule has 0 unspecified atom stereocenters. The fourth-order valence-electron chi connectivity index (χ4n) is 9.55.